The molecule has 0 aliphatic carbocycles. The molecule has 3 heteroatoms. The molecule has 0 unspecified atom stereocenters. The molecule has 1 heterocycles. The Morgan fingerprint density at radius 2 is 2.40 bits per heavy atom. The van der Waals surface area contributed by atoms with Crippen LogP contribution in [0.5, 0.6) is 5.88 Å². The Kier molecular flexibility index (Phi) is 2.23. The number of pyridine rings is 1. The lowest BCUT2D eigenvalue weighted by Gasteiger charge is -2.00. The highest BCUT2D eigenvalue weighted by atomic mass is 16.5. The summed E-state index contributed by atoms with van der Waals surface area (Å²) in [7, 11) is 0. The summed E-state index contributed by atoms with van der Waals surface area (Å²) in [4.78, 5) is 4.06. The predicted octanol–water partition coefficient (Wildman–Crippen LogP) is 0.685. The Hall–Kier alpha value is -1.09. The van der Waals surface area contributed by atoms with Gasteiger partial charge in [-0.05, 0) is 13.0 Å². The second-order valence-electron chi connectivity index (χ2n) is 1.93. The number of nitrogens with two attached hydrogens (primary N) is 1. The fourth-order valence-corrected chi connectivity index (χ4v) is 0.684. The summed E-state index contributed by atoms with van der Waals surface area (Å²) in [5.74, 6) is 0.586. The van der Waals surface area contributed by atoms with E-state index in [1.54, 1.807) is 6.07 Å². The van der Waals surface area contributed by atoms with E-state index < -0.39 is 0 Å². The summed E-state index contributed by atoms with van der Waals surface area (Å²) in [5, 5.41) is 0. The molecular weight excluding hydrogens is 128 g/mol. The molecule has 0 saturated carbocycles. The standard InChI is InChI=1S/C7H10N2O/c1-6-3-2-4-7(9-6)10-5-8/h2-4H,5,8H2,1H3. The van der Waals surface area contributed by atoms with Crippen LogP contribution < -0.4 is 10.5 Å². The van der Waals surface area contributed by atoms with Crippen molar-refractivity contribution in [3.63, 3.8) is 0 Å². The number of hydrogen-bond donors (Lipinski definition) is 1. The van der Waals surface area contributed by atoms with Crippen LogP contribution in [0, 0.1) is 6.92 Å². The molecule has 1 aromatic heterocycles. The summed E-state index contributed by atoms with van der Waals surface area (Å²) in [6, 6.07) is 5.57. The van der Waals surface area contributed by atoms with Gasteiger partial charge in [0.25, 0.3) is 0 Å². The van der Waals surface area contributed by atoms with Crippen LogP contribution in [-0.4, -0.2) is 11.7 Å². The summed E-state index contributed by atoms with van der Waals surface area (Å²) in [6.45, 7) is 2.08. The first-order valence-corrected chi connectivity index (χ1v) is 3.09. The number of hydrogen-bond acceptors (Lipinski definition) is 3. The zero-order chi connectivity index (χ0) is 7.40. The van der Waals surface area contributed by atoms with Crippen molar-refractivity contribution in [3.05, 3.63) is 23.9 Å². The molecule has 10 heavy (non-hydrogen) atoms. The van der Waals surface area contributed by atoms with Crippen molar-refractivity contribution in [2.24, 2.45) is 5.73 Å². The minimum absolute atomic E-state index is 0.177. The Labute approximate surface area is 59.8 Å². The highest BCUT2D eigenvalue weighted by molar-refractivity contribution is 5.14. The summed E-state index contributed by atoms with van der Waals surface area (Å²) in [6.07, 6.45) is 0. The van der Waals surface area contributed by atoms with Crippen LogP contribution in [0.3, 0.4) is 0 Å². The maximum atomic E-state index is 5.15. The molecule has 2 N–H and O–H groups in total. The first-order valence-electron chi connectivity index (χ1n) is 3.09. The third-order valence-corrected chi connectivity index (χ3v) is 1.09. The number of nitrogens with zero attached hydrogens (tertiary/aromatic N) is 1. The fraction of sp³-hybridized carbons (Fsp3) is 0.286. The van der Waals surface area contributed by atoms with Gasteiger partial charge in [0, 0.05) is 11.8 Å². The molecule has 3 nitrogen and oxygen atoms in total. The number of aryl methyl sites for hydroxylation is 1. The number of aromatic nitrogens is 1. The molecule has 0 bridgehead atoms. The van der Waals surface area contributed by atoms with Gasteiger partial charge in [-0.1, -0.05) is 6.07 Å². The minimum Gasteiger partial charge on any atom is -0.462 e. The van der Waals surface area contributed by atoms with Crippen LogP contribution in [0.1, 0.15) is 5.69 Å². The second kappa shape index (κ2) is 3.17. The molecule has 0 spiro atoms. The molecule has 0 aliphatic rings. The van der Waals surface area contributed by atoms with E-state index in [1.807, 2.05) is 19.1 Å². The third-order valence-electron chi connectivity index (χ3n) is 1.09. The summed E-state index contributed by atoms with van der Waals surface area (Å²) < 4.78 is 4.95. The predicted molar refractivity (Wildman–Crippen MR) is 38.7 cm³/mol. The maximum absolute atomic E-state index is 5.15. The van der Waals surface area contributed by atoms with Crippen molar-refractivity contribution >= 4 is 0 Å². The molecule has 0 fully saturated rings. The van der Waals surface area contributed by atoms with E-state index in [4.69, 9.17) is 10.5 Å². The van der Waals surface area contributed by atoms with Gasteiger partial charge in [-0.25, -0.2) is 4.98 Å². The molecule has 0 atom stereocenters. The molecule has 1 aromatic rings. The van der Waals surface area contributed by atoms with Gasteiger partial charge >= 0.3 is 0 Å². The van der Waals surface area contributed by atoms with Gasteiger partial charge in [-0.15, -0.1) is 0 Å². The molecule has 0 aromatic carbocycles. The van der Waals surface area contributed by atoms with Crippen LogP contribution in [0.4, 0.5) is 0 Å². The minimum atomic E-state index is 0.177. The number of ether oxygens (including phenoxy) is 1. The number of rotatable bonds is 2. The largest absolute Gasteiger partial charge is 0.462 e. The topological polar surface area (TPSA) is 48.1 Å². The zero-order valence-electron chi connectivity index (χ0n) is 5.87. The smallest absolute Gasteiger partial charge is 0.214 e. The van der Waals surface area contributed by atoms with Crippen molar-refractivity contribution < 1.29 is 4.74 Å². The van der Waals surface area contributed by atoms with Crippen molar-refractivity contribution in [1.82, 2.24) is 4.98 Å². The molecule has 0 saturated heterocycles. The van der Waals surface area contributed by atoms with Gasteiger partial charge in [0.05, 0.1) is 0 Å². The molecular formula is C7H10N2O. The normalized spacial score (nSPS) is 9.40. The monoisotopic (exact) mass is 138 g/mol. The van der Waals surface area contributed by atoms with Crippen LogP contribution >= 0.6 is 0 Å². The van der Waals surface area contributed by atoms with Gasteiger partial charge < -0.3 is 4.74 Å². The first-order chi connectivity index (χ1) is 4.83. The zero-order valence-corrected chi connectivity index (χ0v) is 5.87. The van der Waals surface area contributed by atoms with Crippen molar-refractivity contribution in [2.45, 2.75) is 6.92 Å². The lowest BCUT2D eigenvalue weighted by atomic mass is 10.4. The molecule has 0 radical (unpaired) electrons. The highest BCUT2D eigenvalue weighted by Crippen LogP contribution is 2.04. The Bertz CT molecular complexity index is 213. The lowest BCUT2D eigenvalue weighted by Crippen LogP contribution is -2.08. The van der Waals surface area contributed by atoms with Crippen molar-refractivity contribution in [1.29, 1.82) is 0 Å². The average Bonchev–Trinajstić information content (AvgIpc) is 1.88. The molecule has 1 rings (SSSR count). The van der Waals surface area contributed by atoms with Gasteiger partial charge in [0.1, 0.15) is 6.73 Å². The van der Waals surface area contributed by atoms with Gasteiger partial charge in [-0.3, -0.25) is 5.73 Å². The van der Waals surface area contributed by atoms with E-state index in [0.29, 0.717) is 5.88 Å². The van der Waals surface area contributed by atoms with Crippen LogP contribution in [0.25, 0.3) is 0 Å². The molecule has 0 amide bonds. The van der Waals surface area contributed by atoms with E-state index in [0.717, 1.165) is 5.69 Å². The Balaban J connectivity index is 2.75. The van der Waals surface area contributed by atoms with E-state index in [2.05, 4.69) is 4.98 Å². The van der Waals surface area contributed by atoms with E-state index in [1.165, 1.54) is 0 Å². The van der Waals surface area contributed by atoms with Crippen molar-refractivity contribution in [2.75, 3.05) is 6.73 Å². The maximum Gasteiger partial charge on any atom is 0.214 e. The Morgan fingerprint density at radius 3 is 3.00 bits per heavy atom. The van der Waals surface area contributed by atoms with Crippen LogP contribution in [0.2, 0.25) is 0 Å². The summed E-state index contributed by atoms with van der Waals surface area (Å²) >= 11 is 0. The van der Waals surface area contributed by atoms with Crippen LogP contribution in [-0.2, 0) is 0 Å². The fourth-order valence-electron chi connectivity index (χ4n) is 0.684. The lowest BCUT2D eigenvalue weighted by molar-refractivity contribution is 0.316. The van der Waals surface area contributed by atoms with Gasteiger partial charge in [-0.2, -0.15) is 0 Å². The average molecular weight is 138 g/mol. The highest BCUT2D eigenvalue weighted by Gasteiger charge is 1.90. The molecule has 0 aliphatic heterocycles. The molecule has 54 valence electrons. The third kappa shape index (κ3) is 1.70. The SMILES string of the molecule is Cc1cccc(OCN)n1. The van der Waals surface area contributed by atoms with Gasteiger partial charge in [0.2, 0.25) is 5.88 Å². The second-order valence-corrected chi connectivity index (χ2v) is 1.93. The van der Waals surface area contributed by atoms with Crippen molar-refractivity contribution in [3.8, 4) is 5.88 Å². The van der Waals surface area contributed by atoms with E-state index >= 15 is 0 Å². The van der Waals surface area contributed by atoms with E-state index in [9.17, 15) is 0 Å². The van der Waals surface area contributed by atoms with Gasteiger partial charge in [0.15, 0.2) is 0 Å². The van der Waals surface area contributed by atoms with Crippen LogP contribution in [0.15, 0.2) is 18.2 Å². The Morgan fingerprint density at radius 1 is 1.60 bits per heavy atom. The first kappa shape index (κ1) is 7.02. The van der Waals surface area contributed by atoms with E-state index in [-0.39, 0.29) is 6.73 Å². The summed E-state index contributed by atoms with van der Waals surface area (Å²) in [5.41, 5.74) is 6.08. The quantitative estimate of drug-likeness (QED) is 0.611.